The van der Waals surface area contributed by atoms with Crippen molar-refractivity contribution in [3.05, 3.63) is 29.4 Å². The van der Waals surface area contributed by atoms with Crippen LogP contribution in [0.1, 0.15) is 34.9 Å². The molecule has 0 atom stereocenters. The number of carbonyl (C=O) groups is 1. The zero-order valence-electron chi connectivity index (χ0n) is 10.1. The number of hydrogen-bond acceptors (Lipinski definition) is 3. The number of furan rings is 1. The Hall–Kier alpha value is -2.04. The Morgan fingerprint density at radius 3 is 2.94 bits per heavy atom. The summed E-state index contributed by atoms with van der Waals surface area (Å²) < 4.78 is 7.36. The van der Waals surface area contributed by atoms with Gasteiger partial charge in [-0.1, -0.05) is 0 Å². The summed E-state index contributed by atoms with van der Waals surface area (Å²) in [5.74, 6) is 0.603. The van der Waals surface area contributed by atoms with E-state index in [0.717, 1.165) is 37.3 Å². The summed E-state index contributed by atoms with van der Waals surface area (Å²) in [4.78, 5) is 15.5. The van der Waals surface area contributed by atoms with Gasteiger partial charge in [0.25, 0.3) is 0 Å². The molecule has 18 heavy (non-hydrogen) atoms. The van der Waals surface area contributed by atoms with E-state index >= 15 is 0 Å². The molecule has 0 aromatic carbocycles. The molecule has 0 radical (unpaired) electrons. The van der Waals surface area contributed by atoms with Gasteiger partial charge in [0.15, 0.2) is 5.76 Å². The van der Waals surface area contributed by atoms with E-state index in [1.54, 1.807) is 4.57 Å². The van der Waals surface area contributed by atoms with Crippen molar-refractivity contribution in [1.82, 2.24) is 9.55 Å². The van der Waals surface area contributed by atoms with Gasteiger partial charge in [0.2, 0.25) is 5.82 Å². The lowest BCUT2D eigenvalue weighted by Gasteiger charge is -2.15. The summed E-state index contributed by atoms with van der Waals surface area (Å²) in [6.45, 7) is 2.59. The Kier molecular flexibility index (Phi) is 2.47. The van der Waals surface area contributed by atoms with Crippen LogP contribution in [0.25, 0.3) is 11.5 Å². The fourth-order valence-electron chi connectivity index (χ4n) is 2.47. The van der Waals surface area contributed by atoms with Crippen molar-refractivity contribution in [2.75, 3.05) is 0 Å². The van der Waals surface area contributed by atoms with Gasteiger partial charge in [-0.3, -0.25) is 0 Å². The van der Waals surface area contributed by atoms with Crippen molar-refractivity contribution < 1.29 is 14.3 Å². The summed E-state index contributed by atoms with van der Waals surface area (Å²) in [5, 5.41) is 9.19. The van der Waals surface area contributed by atoms with E-state index < -0.39 is 5.97 Å². The van der Waals surface area contributed by atoms with Gasteiger partial charge in [-0.25, -0.2) is 9.78 Å². The quantitative estimate of drug-likeness (QED) is 0.883. The third-order valence-corrected chi connectivity index (χ3v) is 3.28. The van der Waals surface area contributed by atoms with Crippen LogP contribution in [0.5, 0.6) is 0 Å². The number of fused-ring (bicyclic) bond motifs is 1. The highest BCUT2D eigenvalue weighted by molar-refractivity contribution is 5.85. The SMILES string of the molecule is Cc1ccc(-c2nc(C(=O)O)n3c2CCCC3)o1. The predicted octanol–water partition coefficient (Wildman–Crippen LogP) is 2.49. The summed E-state index contributed by atoms with van der Waals surface area (Å²) in [7, 11) is 0. The Morgan fingerprint density at radius 1 is 1.44 bits per heavy atom. The molecule has 1 N–H and O–H groups in total. The molecule has 1 aliphatic rings. The molecule has 1 aliphatic heterocycles. The molecule has 0 amide bonds. The molecule has 0 saturated heterocycles. The highest BCUT2D eigenvalue weighted by atomic mass is 16.4. The largest absolute Gasteiger partial charge is 0.475 e. The number of carboxylic acid groups (broad SMARTS) is 1. The lowest BCUT2D eigenvalue weighted by molar-refractivity contribution is 0.0677. The Morgan fingerprint density at radius 2 is 2.28 bits per heavy atom. The molecule has 94 valence electrons. The number of nitrogens with zero attached hydrogens (tertiary/aromatic N) is 2. The van der Waals surface area contributed by atoms with E-state index in [-0.39, 0.29) is 5.82 Å². The summed E-state index contributed by atoms with van der Waals surface area (Å²) in [6, 6.07) is 3.71. The van der Waals surface area contributed by atoms with E-state index in [9.17, 15) is 9.90 Å². The highest BCUT2D eigenvalue weighted by Crippen LogP contribution is 2.30. The van der Waals surface area contributed by atoms with Crippen LogP contribution < -0.4 is 0 Å². The normalized spacial score (nSPS) is 14.5. The first-order valence-electron chi connectivity index (χ1n) is 6.06. The van der Waals surface area contributed by atoms with Crippen molar-refractivity contribution in [1.29, 1.82) is 0 Å². The molecule has 5 nitrogen and oxygen atoms in total. The second-order valence-corrected chi connectivity index (χ2v) is 4.55. The minimum atomic E-state index is -0.979. The van der Waals surface area contributed by atoms with Crippen LogP contribution in [-0.4, -0.2) is 20.6 Å². The van der Waals surface area contributed by atoms with Gasteiger partial charge < -0.3 is 14.1 Å². The number of hydrogen-bond donors (Lipinski definition) is 1. The molecule has 3 heterocycles. The molecule has 0 spiro atoms. The molecule has 0 fully saturated rings. The van der Waals surface area contributed by atoms with Crippen molar-refractivity contribution in [3.63, 3.8) is 0 Å². The zero-order chi connectivity index (χ0) is 12.7. The first-order valence-corrected chi connectivity index (χ1v) is 6.06. The van der Waals surface area contributed by atoms with Crippen molar-refractivity contribution >= 4 is 5.97 Å². The zero-order valence-corrected chi connectivity index (χ0v) is 10.1. The van der Waals surface area contributed by atoms with Crippen molar-refractivity contribution in [2.24, 2.45) is 0 Å². The van der Waals surface area contributed by atoms with E-state index in [1.807, 2.05) is 19.1 Å². The summed E-state index contributed by atoms with van der Waals surface area (Å²) in [5.41, 5.74) is 1.66. The van der Waals surface area contributed by atoms with Crippen LogP contribution in [0.15, 0.2) is 16.5 Å². The van der Waals surface area contributed by atoms with Gasteiger partial charge in [0, 0.05) is 12.2 Å². The first-order chi connectivity index (χ1) is 8.66. The van der Waals surface area contributed by atoms with Gasteiger partial charge >= 0.3 is 5.97 Å². The molecule has 0 aliphatic carbocycles. The number of aromatic carboxylic acids is 1. The maximum atomic E-state index is 11.2. The lowest BCUT2D eigenvalue weighted by atomic mass is 10.1. The molecule has 5 heteroatoms. The van der Waals surface area contributed by atoms with Crippen LogP contribution in [-0.2, 0) is 13.0 Å². The van der Waals surface area contributed by atoms with E-state index in [1.165, 1.54) is 0 Å². The van der Waals surface area contributed by atoms with E-state index in [2.05, 4.69) is 4.98 Å². The summed E-state index contributed by atoms with van der Waals surface area (Å²) in [6.07, 6.45) is 2.92. The minimum absolute atomic E-state index is 0.119. The maximum absolute atomic E-state index is 11.2. The number of rotatable bonds is 2. The van der Waals surface area contributed by atoms with Crippen molar-refractivity contribution in [3.8, 4) is 11.5 Å². The molecule has 2 aromatic heterocycles. The van der Waals surface area contributed by atoms with Gasteiger partial charge in [-0.2, -0.15) is 0 Å². The number of aromatic nitrogens is 2. The first kappa shape index (κ1) is 11.1. The van der Waals surface area contributed by atoms with Crippen LogP contribution in [0.3, 0.4) is 0 Å². The second-order valence-electron chi connectivity index (χ2n) is 4.55. The van der Waals surface area contributed by atoms with Gasteiger partial charge in [0.05, 0.1) is 0 Å². The molecule has 3 rings (SSSR count). The van der Waals surface area contributed by atoms with Gasteiger partial charge in [0.1, 0.15) is 11.5 Å². The third-order valence-electron chi connectivity index (χ3n) is 3.28. The minimum Gasteiger partial charge on any atom is -0.475 e. The lowest BCUT2D eigenvalue weighted by Crippen LogP contribution is -2.16. The monoisotopic (exact) mass is 246 g/mol. The summed E-state index contributed by atoms with van der Waals surface area (Å²) >= 11 is 0. The van der Waals surface area contributed by atoms with Crippen LogP contribution >= 0.6 is 0 Å². The van der Waals surface area contributed by atoms with Gasteiger partial charge in [-0.15, -0.1) is 0 Å². The number of imidazole rings is 1. The van der Waals surface area contributed by atoms with Gasteiger partial charge in [-0.05, 0) is 38.3 Å². The smallest absolute Gasteiger partial charge is 0.372 e. The fraction of sp³-hybridized carbons (Fsp3) is 0.385. The third kappa shape index (κ3) is 1.63. The fourth-order valence-corrected chi connectivity index (χ4v) is 2.47. The Labute approximate surface area is 104 Å². The van der Waals surface area contributed by atoms with Crippen LogP contribution in [0.4, 0.5) is 0 Å². The second kappa shape index (κ2) is 4.01. The molecular weight excluding hydrogens is 232 g/mol. The molecule has 2 aromatic rings. The molecular formula is C13H14N2O3. The standard InChI is InChI=1S/C13H14N2O3/c1-8-5-6-10(18-8)11-9-4-2-3-7-15(9)12(14-11)13(16)17/h5-6H,2-4,7H2,1H3,(H,16,17). The Bertz CT molecular complexity index is 610. The van der Waals surface area contributed by atoms with Crippen LogP contribution in [0.2, 0.25) is 0 Å². The number of carboxylic acids is 1. The highest BCUT2D eigenvalue weighted by Gasteiger charge is 2.25. The van der Waals surface area contributed by atoms with Crippen LogP contribution in [0, 0.1) is 6.92 Å². The predicted molar refractivity (Wildman–Crippen MR) is 64.6 cm³/mol. The molecule has 0 unspecified atom stereocenters. The molecule has 0 saturated carbocycles. The van der Waals surface area contributed by atoms with Crippen molar-refractivity contribution in [2.45, 2.75) is 32.7 Å². The topological polar surface area (TPSA) is 68.3 Å². The molecule has 0 bridgehead atoms. The average Bonchev–Trinajstić information content (AvgIpc) is 2.92. The van der Waals surface area contributed by atoms with E-state index in [0.29, 0.717) is 11.5 Å². The Balaban J connectivity index is 2.18. The van der Waals surface area contributed by atoms with E-state index in [4.69, 9.17) is 4.42 Å². The number of aryl methyl sites for hydroxylation is 1. The average molecular weight is 246 g/mol. The maximum Gasteiger partial charge on any atom is 0.372 e.